The fraction of sp³-hybridized carbons (Fsp3) is 0.381. The first-order valence-electron chi connectivity index (χ1n) is 9.94. The predicted molar refractivity (Wildman–Crippen MR) is 110 cm³/mol. The molecule has 0 spiro atoms. The summed E-state index contributed by atoms with van der Waals surface area (Å²) in [5.41, 5.74) is 2.79. The highest BCUT2D eigenvalue weighted by molar-refractivity contribution is 6.40. The maximum Gasteiger partial charge on any atom is 0.310 e. The standard InChI is InChI=1S/C21H23N5O3/c27-20(25-15-12-23-6-5-16(15)26-9-7-22-8-10-26)21-24-13-19(29-21)18-11-14-3-1-2-4-17(14)28-18/h1-6,12,18-19,22H,7-11,13H2,(H,25,27). The third-order valence-electron chi connectivity index (χ3n) is 5.46. The highest BCUT2D eigenvalue weighted by Gasteiger charge is 2.37. The third kappa shape index (κ3) is 3.63. The highest BCUT2D eigenvalue weighted by Crippen LogP contribution is 2.31. The van der Waals surface area contributed by atoms with Gasteiger partial charge in [0.25, 0.3) is 5.90 Å². The van der Waals surface area contributed by atoms with Crippen molar-refractivity contribution in [3.63, 3.8) is 0 Å². The van der Waals surface area contributed by atoms with E-state index in [0.29, 0.717) is 12.2 Å². The number of anilines is 2. The lowest BCUT2D eigenvalue weighted by Gasteiger charge is -2.30. The molecule has 2 aromatic rings. The molecule has 2 unspecified atom stereocenters. The van der Waals surface area contributed by atoms with Gasteiger partial charge in [0.2, 0.25) is 0 Å². The van der Waals surface area contributed by atoms with Crippen LogP contribution in [0.3, 0.4) is 0 Å². The molecule has 1 saturated heterocycles. The Labute approximate surface area is 168 Å². The number of carbonyl (C=O) groups excluding carboxylic acids is 1. The summed E-state index contributed by atoms with van der Waals surface area (Å²) >= 11 is 0. The Balaban J connectivity index is 1.23. The Morgan fingerprint density at radius 2 is 2.00 bits per heavy atom. The Bertz CT molecular complexity index is 916. The molecule has 150 valence electrons. The van der Waals surface area contributed by atoms with Crippen LogP contribution in [0.25, 0.3) is 0 Å². The molecule has 1 fully saturated rings. The zero-order chi connectivity index (χ0) is 19.6. The number of para-hydroxylation sites is 1. The van der Waals surface area contributed by atoms with Crippen molar-refractivity contribution in [3.8, 4) is 5.75 Å². The number of ether oxygens (including phenoxy) is 2. The van der Waals surface area contributed by atoms with Crippen molar-refractivity contribution >= 4 is 23.2 Å². The van der Waals surface area contributed by atoms with E-state index in [1.807, 2.05) is 24.3 Å². The minimum Gasteiger partial charge on any atom is -0.486 e. The van der Waals surface area contributed by atoms with Gasteiger partial charge in [-0.1, -0.05) is 18.2 Å². The van der Waals surface area contributed by atoms with E-state index in [1.54, 1.807) is 12.4 Å². The second kappa shape index (κ2) is 7.71. The van der Waals surface area contributed by atoms with Gasteiger partial charge in [-0.15, -0.1) is 0 Å². The summed E-state index contributed by atoms with van der Waals surface area (Å²) < 4.78 is 11.8. The summed E-state index contributed by atoms with van der Waals surface area (Å²) in [6, 6.07) is 9.89. The fourth-order valence-corrected chi connectivity index (χ4v) is 3.97. The molecule has 8 nitrogen and oxygen atoms in total. The van der Waals surface area contributed by atoms with Crippen molar-refractivity contribution < 1.29 is 14.3 Å². The Kier molecular flexibility index (Phi) is 4.77. The zero-order valence-corrected chi connectivity index (χ0v) is 16.0. The van der Waals surface area contributed by atoms with Crippen molar-refractivity contribution in [2.24, 2.45) is 4.99 Å². The minimum atomic E-state index is -0.354. The van der Waals surface area contributed by atoms with Crippen LogP contribution in [0.4, 0.5) is 11.4 Å². The predicted octanol–water partition coefficient (Wildman–Crippen LogP) is 1.23. The van der Waals surface area contributed by atoms with E-state index in [0.717, 1.165) is 49.6 Å². The molecule has 0 bridgehead atoms. The van der Waals surface area contributed by atoms with Crippen LogP contribution in [0.15, 0.2) is 47.7 Å². The number of piperazine rings is 1. The summed E-state index contributed by atoms with van der Waals surface area (Å²) in [4.78, 5) is 23.5. The normalized spacial score (nSPS) is 23.0. The molecule has 2 atom stereocenters. The lowest BCUT2D eigenvalue weighted by atomic mass is 10.1. The minimum absolute atomic E-state index is 0.102. The van der Waals surface area contributed by atoms with Crippen molar-refractivity contribution in [1.29, 1.82) is 0 Å². The Hall–Kier alpha value is -3.13. The summed E-state index contributed by atoms with van der Waals surface area (Å²) in [6.45, 7) is 4.00. The van der Waals surface area contributed by atoms with Crippen molar-refractivity contribution in [2.75, 3.05) is 42.9 Å². The van der Waals surface area contributed by atoms with Gasteiger partial charge in [-0.2, -0.15) is 0 Å². The average Bonchev–Trinajstić information content (AvgIpc) is 3.42. The van der Waals surface area contributed by atoms with Crippen LogP contribution in [0.5, 0.6) is 5.75 Å². The van der Waals surface area contributed by atoms with Crippen LogP contribution in [0, 0.1) is 0 Å². The van der Waals surface area contributed by atoms with E-state index >= 15 is 0 Å². The number of amides is 1. The number of aliphatic imine (C=N–C) groups is 1. The maximum atomic E-state index is 12.8. The van der Waals surface area contributed by atoms with E-state index < -0.39 is 0 Å². The van der Waals surface area contributed by atoms with Gasteiger partial charge < -0.3 is 25.0 Å². The van der Waals surface area contributed by atoms with Gasteiger partial charge in [0.15, 0.2) is 6.10 Å². The van der Waals surface area contributed by atoms with Crippen molar-refractivity contribution in [1.82, 2.24) is 10.3 Å². The number of nitrogens with zero attached hydrogens (tertiary/aromatic N) is 3. The topological polar surface area (TPSA) is 88.1 Å². The average molecular weight is 393 g/mol. The quantitative estimate of drug-likeness (QED) is 0.813. The van der Waals surface area contributed by atoms with E-state index in [4.69, 9.17) is 9.47 Å². The second-order valence-electron chi connectivity index (χ2n) is 7.35. The van der Waals surface area contributed by atoms with Gasteiger partial charge in [0.1, 0.15) is 11.9 Å². The monoisotopic (exact) mass is 393 g/mol. The Morgan fingerprint density at radius 3 is 2.86 bits per heavy atom. The summed E-state index contributed by atoms with van der Waals surface area (Å²) in [6.07, 6.45) is 3.78. The van der Waals surface area contributed by atoms with Crippen LogP contribution < -0.4 is 20.3 Å². The first-order valence-corrected chi connectivity index (χ1v) is 9.94. The summed E-state index contributed by atoms with van der Waals surface area (Å²) in [7, 11) is 0. The maximum absolute atomic E-state index is 12.8. The smallest absolute Gasteiger partial charge is 0.310 e. The number of nitrogens with one attached hydrogen (secondary N) is 2. The van der Waals surface area contributed by atoms with Gasteiger partial charge >= 0.3 is 5.91 Å². The number of pyridine rings is 1. The third-order valence-corrected chi connectivity index (χ3v) is 5.46. The SMILES string of the molecule is O=C(Nc1cnccc1N1CCNCC1)C1=NCC(C2Cc3ccccc3O2)O1. The largest absolute Gasteiger partial charge is 0.486 e. The Morgan fingerprint density at radius 1 is 1.14 bits per heavy atom. The molecule has 0 aliphatic carbocycles. The second-order valence-corrected chi connectivity index (χ2v) is 7.35. The number of carbonyl (C=O) groups is 1. The molecule has 4 heterocycles. The number of rotatable bonds is 4. The molecular formula is C21H23N5O3. The van der Waals surface area contributed by atoms with Crippen LogP contribution in [0.1, 0.15) is 5.56 Å². The van der Waals surface area contributed by atoms with Crippen LogP contribution in [-0.4, -0.2) is 61.7 Å². The van der Waals surface area contributed by atoms with Crippen molar-refractivity contribution in [2.45, 2.75) is 18.6 Å². The highest BCUT2D eigenvalue weighted by atomic mass is 16.6. The van der Waals surface area contributed by atoms with E-state index in [9.17, 15) is 4.79 Å². The number of aromatic nitrogens is 1. The van der Waals surface area contributed by atoms with Crippen LogP contribution in [-0.2, 0) is 16.0 Å². The van der Waals surface area contributed by atoms with Crippen molar-refractivity contribution in [3.05, 3.63) is 48.3 Å². The van der Waals surface area contributed by atoms with Gasteiger partial charge in [0, 0.05) is 38.8 Å². The molecule has 5 rings (SSSR count). The molecule has 0 saturated carbocycles. The van der Waals surface area contributed by atoms with Gasteiger partial charge in [-0.25, -0.2) is 4.99 Å². The molecule has 29 heavy (non-hydrogen) atoms. The first-order chi connectivity index (χ1) is 14.3. The van der Waals surface area contributed by atoms with Crippen LogP contribution in [0.2, 0.25) is 0 Å². The lowest BCUT2D eigenvalue weighted by Crippen LogP contribution is -2.44. The first kappa shape index (κ1) is 17.9. The lowest BCUT2D eigenvalue weighted by molar-refractivity contribution is -0.111. The molecule has 0 radical (unpaired) electrons. The number of fused-ring (bicyclic) bond motifs is 1. The van der Waals surface area contributed by atoms with Crippen LogP contribution >= 0.6 is 0 Å². The number of benzene rings is 1. The van der Waals surface area contributed by atoms with E-state index in [2.05, 4.69) is 31.6 Å². The molecule has 1 aromatic heterocycles. The molecule has 3 aliphatic heterocycles. The van der Waals surface area contributed by atoms with E-state index in [1.165, 1.54) is 0 Å². The molecular weight excluding hydrogens is 370 g/mol. The fourth-order valence-electron chi connectivity index (χ4n) is 3.97. The number of hydrogen-bond donors (Lipinski definition) is 2. The van der Waals surface area contributed by atoms with Gasteiger partial charge in [0.05, 0.1) is 24.1 Å². The molecule has 3 aliphatic rings. The molecule has 1 aromatic carbocycles. The molecule has 8 heteroatoms. The van der Waals surface area contributed by atoms with Gasteiger partial charge in [-0.05, 0) is 17.7 Å². The number of hydrogen-bond acceptors (Lipinski definition) is 7. The zero-order valence-electron chi connectivity index (χ0n) is 16.0. The summed E-state index contributed by atoms with van der Waals surface area (Å²) in [5.74, 6) is 0.632. The van der Waals surface area contributed by atoms with Gasteiger partial charge in [-0.3, -0.25) is 9.78 Å². The van der Waals surface area contributed by atoms with E-state index in [-0.39, 0.29) is 24.0 Å². The molecule has 2 N–H and O–H groups in total. The summed E-state index contributed by atoms with van der Waals surface area (Å²) in [5, 5.41) is 6.25. The molecule has 1 amide bonds.